The smallest absolute Gasteiger partial charge is 0.254 e. The molecule has 8 heteroatoms. The zero-order valence-corrected chi connectivity index (χ0v) is 22.1. The molecule has 0 saturated heterocycles. The van der Waals surface area contributed by atoms with Crippen LogP contribution in [0.3, 0.4) is 0 Å². The number of thiophene rings is 1. The average molecular weight is 560 g/mol. The fourth-order valence-corrected chi connectivity index (χ4v) is 5.58. The molecule has 1 aliphatic heterocycles. The van der Waals surface area contributed by atoms with E-state index in [1.165, 1.54) is 17.0 Å². The van der Waals surface area contributed by atoms with Gasteiger partial charge in [0.05, 0.1) is 6.04 Å². The zero-order valence-electron chi connectivity index (χ0n) is 19.7. The van der Waals surface area contributed by atoms with E-state index >= 15 is 0 Å². The largest absolute Gasteiger partial charge is 0.491 e. The van der Waals surface area contributed by atoms with Gasteiger partial charge in [-0.05, 0) is 79.2 Å². The molecule has 2 heterocycles. The van der Waals surface area contributed by atoms with Crippen LogP contribution in [0.15, 0.2) is 64.5 Å². The lowest BCUT2D eigenvalue weighted by molar-refractivity contribution is -0.136. The van der Waals surface area contributed by atoms with Gasteiger partial charge in [-0.1, -0.05) is 28.9 Å². The molecule has 0 radical (unpaired) electrons. The maximum Gasteiger partial charge on any atom is 0.254 e. The van der Waals surface area contributed by atoms with Gasteiger partial charge in [-0.25, -0.2) is 4.39 Å². The number of carbonyl (C=O) groups excluding carboxylic acids is 2. The standard InChI is InChI=1S/C27H28BrFN2O3S/c1-3-18(2)31(27(33)19-5-4-6-20(28)15-19)16-26(32)30-13-11-25-23(12-14-35-25)24(30)17-34-22-9-7-21(29)8-10-22/h4-10,12,14-15,18,24H,3,11,13,16-17H2,1-2H3. The summed E-state index contributed by atoms with van der Waals surface area (Å²) >= 11 is 5.11. The summed E-state index contributed by atoms with van der Waals surface area (Å²) in [5.41, 5.74) is 1.62. The molecule has 0 fully saturated rings. The van der Waals surface area contributed by atoms with Gasteiger partial charge in [-0.3, -0.25) is 9.59 Å². The molecule has 2 unspecified atom stereocenters. The lowest BCUT2D eigenvalue weighted by atomic mass is 10.00. The fraction of sp³-hybridized carbons (Fsp3) is 0.333. The highest BCUT2D eigenvalue weighted by atomic mass is 79.9. The monoisotopic (exact) mass is 558 g/mol. The van der Waals surface area contributed by atoms with Crippen LogP contribution in [0.4, 0.5) is 4.39 Å². The quantitative estimate of drug-likeness (QED) is 0.336. The number of halogens is 2. The van der Waals surface area contributed by atoms with E-state index in [0.717, 1.165) is 22.9 Å². The van der Waals surface area contributed by atoms with Crippen molar-refractivity contribution in [1.82, 2.24) is 9.80 Å². The van der Waals surface area contributed by atoms with Gasteiger partial charge in [0.15, 0.2) is 0 Å². The molecule has 0 bridgehead atoms. The third-order valence-electron chi connectivity index (χ3n) is 6.40. The molecule has 35 heavy (non-hydrogen) atoms. The molecule has 1 aromatic heterocycles. The molecule has 5 nitrogen and oxygen atoms in total. The molecule has 0 N–H and O–H groups in total. The van der Waals surface area contributed by atoms with Crippen molar-refractivity contribution in [3.63, 3.8) is 0 Å². The Bertz CT molecular complexity index is 1180. The summed E-state index contributed by atoms with van der Waals surface area (Å²) in [5, 5.41) is 2.03. The molecule has 184 valence electrons. The molecule has 2 atom stereocenters. The van der Waals surface area contributed by atoms with E-state index in [1.54, 1.807) is 40.5 Å². The highest BCUT2D eigenvalue weighted by Gasteiger charge is 2.34. The van der Waals surface area contributed by atoms with Crippen LogP contribution in [0.2, 0.25) is 0 Å². The van der Waals surface area contributed by atoms with Crippen molar-refractivity contribution >= 4 is 39.1 Å². The second-order valence-electron chi connectivity index (χ2n) is 8.62. The maximum absolute atomic E-state index is 13.7. The number of fused-ring (bicyclic) bond motifs is 1. The van der Waals surface area contributed by atoms with Crippen LogP contribution in [-0.2, 0) is 11.2 Å². The van der Waals surface area contributed by atoms with Crippen molar-refractivity contribution in [1.29, 1.82) is 0 Å². The summed E-state index contributed by atoms with van der Waals surface area (Å²) in [7, 11) is 0. The van der Waals surface area contributed by atoms with Crippen molar-refractivity contribution < 1.29 is 18.7 Å². The molecule has 0 spiro atoms. The number of ether oxygens (including phenoxy) is 1. The van der Waals surface area contributed by atoms with E-state index in [0.29, 0.717) is 17.9 Å². The minimum Gasteiger partial charge on any atom is -0.491 e. The number of amides is 2. The van der Waals surface area contributed by atoms with Gasteiger partial charge in [0.2, 0.25) is 5.91 Å². The number of benzene rings is 2. The molecular weight excluding hydrogens is 531 g/mol. The van der Waals surface area contributed by atoms with Crippen LogP contribution in [0.1, 0.15) is 47.1 Å². The van der Waals surface area contributed by atoms with Crippen LogP contribution >= 0.6 is 27.3 Å². The molecule has 0 saturated carbocycles. The van der Waals surface area contributed by atoms with Crippen molar-refractivity contribution in [2.24, 2.45) is 0 Å². The normalized spacial score (nSPS) is 15.9. The second-order valence-corrected chi connectivity index (χ2v) is 10.5. The Kier molecular flexibility index (Phi) is 8.23. The van der Waals surface area contributed by atoms with E-state index in [9.17, 15) is 14.0 Å². The predicted octanol–water partition coefficient (Wildman–Crippen LogP) is 6.10. The Hall–Kier alpha value is -2.71. The van der Waals surface area contributed by atoms with Crippen molar-refractivity contribution in [2.75, 3.05) is 19.7 Å². The van der Waals surface area contributed by atoms with Gasteiger partial charge >= 0.3 is 0 Å². The maximum atomic E-state index is 13.7. The summed E-state index contributed by atoms with van der Waals surface area (Å²) < 4.78 is 20.1. The molecule has 2 aromatic carbocycles. The number of carbonyl (C=O) groups is 2. The zero-order chi connectivity index (χ0) is 24.9. The highest BCUT2D eigenvalue weighted by Crippen LogP contribution is 2.34. The summed E-state index contributed by atoms with van der Waals surface area (Å²) in [4.78, 5) is 31.7. The number of hydrogen-bond donors (Lipinski definition) is 0. The van der Waals surface area contributed by atoms with Gasteiger partial charge in [0, 0.05) is 27.5 Å². The lowest BCUT2D eigenvalue weighted by Crippen LogP contribution is -2.49. The van der Waals surface area contributed by atoms with Gasteiger partial charge in [-0.2, -0.15) is 0 Å². The van der Waals surface area contributed by atoms with Gasteiger partial charge in [-0.15, -0.1) is 11.3 Å². The first kappa shape index (κ1) is 25.4. The Balaban J connectivity index is 1.54. The highest BCUT2D eigenvalue weighted by molar-refractivity contribution is 9.10. The Morgan fingerprint density at radius 2 is 2.00 bits per heavy atom. The minimum atomic E-state index is -0.327. The Labute approximate surface area is 217 Å². The van der Waals surface area contributed by atoms with Crippen molar-refractivity contribution in [3.8, 4) is 5.75 Å². The third-order valence-corrected chi connectivity index (χ3v) is 7.89. The average Bonchev–Trinajstić information content (AvgIpc) is 3.35. The first-order chi connectivity index (χ1) is 16.9. The first-order valence-electron chi connectivity index (χ1n) is 11.7. The van der Waals surface area contributed by atoms with Crippen molar-refractivity contribution in [3.05, 3.63) is 86.3 Å². The predicted molar refractivity (Wildman–Crippen MR) is 139 cm³/mol. The third kappa shape index (κ3) is 5.93. The topological polar surface area (TPSA) is 49.9 Å². The molecule has 2 amide bonds. The summed E-state index contributed by atoms with van der Waals surface area (Å²) in [6.07, 6.45) is 1.51. The summed E-state index contributed by atoms with van der Waals surface area (Å²) in [5.74, 6) is -0.0565. The molecular formula is C27H28BrFN2O3S. The summed E-state index contributed by atoms with van der Waals surface area (Å²) in [6.45, 7) is 4.78. The van der Waals surface area contributed by atoms with Crippen LogP contribution in [0, 0.1) is 5.82 Å². The fourth-order valence-electron chi connectivity index (χ4n) is 4.25. The first-order valence-corrected chi connectivity index (χ1v) is 13.3. The van der Waals surface area contributed by atoms with Crippen molar-refractivity contribution in [2.45, 2.75) is 38.8 Å². The molecule has 1 aliphatic rings. The van der Waals surface area contributed by atoms with E-state index in [4.69, 9.17) is 4.74 Å². The van der Waals surface area contributed by atoms with E-state index in [-0.39, 0.29) is 42.9 Å². The van der Waals surface area contributed by atoms with E-state index < -0.39 is 0 Å². The van der Waals surface area contributed by atoms with Crippen LogP contribution in [0.25, 0.3) is 0 Å². The van der Waals surface area contributed by atoms with Crippen LogP contribution in [0.5, 0.6) is 5.75 Å². The van der Waals surface area contributed by atoms with Gasteiger partial charge in [0.1, 0.15) is 24.7 Å². The second kappa shape index (κ2) is 11.4. The van der Waals surface area contributed by atoms with Crippen LogP contribution in [-0.4, -0.2) is 47.4 Å². The molecule has 0 aliphatic carbocycles. The van der Waals surface area contributed by atoms with E-state index in [2.05, 4.69) is 15.9 Å². The Morgan fingerprint density at radius 3 is 2.71 bits per heavy atom. The SMILES string of the molecule is CCC(C)N(CC(=O)N1CCc2sccc2C1COc1ccc(F)cc1)C(=O)c1cccc(Br)c1. The number of nitrogens with zero attached hydrogens (tertiary/aromatic N) is 2. The summed E-state index contributed by atoms with van der Waals surface area (Å²) in [6, 6.07) is 14.8. The van der Waals surface area contributed by atoms with Gasteiger partial charge < -0.3 is 14.5 Å². The lowest BCUT2D eigenvalue weighted by Gasteiger charge is -2.38. The molecule has 4 rings (SSSR count). The number of rotatable bonds is 8. The Morgan fingerprint density at radius 1 is 1.23 bits per heavy atom. The van der Waals surface area contributed by atoms with E-state index in [1.807, 2.05) is 42.3 Å². The van der Waals surface area contributed by atoms with Crippen LogP contribution < -0.4 is 4.74 Å². The minimum absolute atomic E-state index is 0.00707. The number of hydrogen-bond acceptors (Lipinski definition) is 4. The molecule has 3 aromatic rings. The van der Waals surface area contributed by atoms with Gasteiger partial charge in [0.25, 0.3) is 5.91 Å².